The Morgan fingerprint density at radius 2 is 1.65 bits per heavy atom. The fourth-order valence-electron chi connectivity index (χ4n) is 2.53. The maximum Gasteiger partial charge on any atom is 0.166 e. The molecule has 0 amide bonds. The Kier molecular flexibility index (Phi) is 6.57. The lowest BCUT2D eigenvalue weighted by Crippen LogP contribution is -2.23. The summed E-state index contributed by atoms with van der Waals surface area (Å²) < 4.78 is 14.3. The number of aryl methyl sites for hydroxylation is 2. The first-order chi connectivity index (χ1) is 12.4. The van der Waals surface area contributed by atoms with Crippen molar-refractivity contribution in [2.24, 2.45) is 5.92 Å². The van der Waals surface area contributed by atoms with Gasteiger partial charge < -0.3 is 10.6 Å². The number of nitriles is 1. The van der Waals surface area contributed by atoms with Gasteiger partial charge in [-0.15, -0.1) is 0 Å². The molecule has 26 heavy (non-hydrogen) atoms. The lowest BCUT2D eigenvalue weighted by molar-refractivity contribution is 0.549. The fraction of sp³-hybridized carbons (Fsp3) is 0.429. The van der Waals surface area contributed by atoms with Gasteiger partial charge in [0.1, 0.15) is 6.07 Å². The maximum atomic E-state index is 14.3. The summed E-state index contributed by atoms with van der Waals surface area (Å²) in [6.07, 6.45) is 1.84. The van der Waals surface area contributed by atoms with Crippen molar-refractivity contribution < 1.29 is 4.39 Å². The highest BCUT2D eigenvalue weighted by Gasteiger charge is 2.15. The highest BCUT2D eigenvalue weighted by molar-refractivity contribution is 5.66. The van der Waals surface area contributed by atoms with Gasteiger partial charge in [0.05, 0.1) is 5.56 Å². The Morgan fingerprint density at radius 1 is 1.04 bits per heavy atom. The summed E-state index contributed by atoms with van der Waals surface area (Å²) in [4.78, 5) is 4.35. The molecule has 0 bridgehead atoms. The molecule has 0 aliphatic rings. The van der Waals surface area contributed by atoms with E-state index in [-0.39, 0.29) is 17.4 Å². The molecule has 4 nitrogen and oxygen atoms in total. The van der Waals surface area contributed by atoms with Gasteiger partial charge in [0.25, 0.3) is 0 Å². The van der Waals surface area contributed by atoms with Crippen LogP contribution in [0.2, 0.25) is 0 Å². The number of hydrogen-bond acceptors (Lipinski definition) is 4. The predicted molar refractivity (Wildman–Crippen MR) is 105 cm³/mol. The van der Waals surface area contributed by atoms with E-state index in [1.165, 1.54) is 17.2 Å². The van der Waals surface area contributed by atoms with E-state index in [9.17, 15) is 9.65 Å². The van der Waals surface area contributed by atoms with E-state index >= 15 is 0 Å². The summed E-state index contributed by atoms with van der Waals surface area (Å²) >= 11 is 0. The molecule has 0 aliphatic carbocycles. The molecule has 1 heterocycles. The van der Waals surface area contributed by atoms with Crippen molar-refractivity contribution in [3.05, 3.63) is 46.8 Å². The summed E-state index contributed by atoms with van der Waals surface area (Å²) in [5, 5.41) is 15.7. The van der Waals surface area contributed by atoms with E-state index in [1.54, 1.807) is 0 Å². The average Bonchev–Trinajstić information content (AvgIpc) is 2.63. The number of rotatable bonds is 7. The molecule has 1 aromatic heterocycles. The Labute approximate surface area is 155 Å². The summed E-state index contributed by atoms with van der Waals surface area (Å²) in [6.45, 7) is 10.3. The number of anilines is 3. The van der Waals surface area contributed by atoms with Gasteiger partial charge in [-0.2, -0.15) is 5.26 Å². The van der Waals surface area contributed by atoms with Gasteiger partial charge in [0.15, 0.2) is 17.5 Å². The first-order valence-electron chi connectivity index (χ1n) is 9.14. The molecule has 2 aromatic rings. The lowest BCUT2D eigenvalue weighted by Gasteiger charge is -2.19. The van der Waals surface area contributed by atoms with Crippen LogP contribution in [0.25, 0.3) is 0 Å². The van der Waals surface area contributed by atoms with Crippen LogP contribution in [0.5, 0.6) is 0 Å². The molecule has 138 valence electrons. The normalized spacial score (nSPS) is 11.9. The first-order valence-corrected chi connectivity index (χ1v) is 9.14. The molecule has 0 saturated carbocycles. The van der Waals surface area contributed by atoms with Crippen LogP contribution in [0.15, 0.2) is 24.3 Å². The largest absolute Gasteiger partial charge is 0.365 e. The predicted octanol–water partition coefficient (Wildman–Crippen LogP) is 5.42. The molecule has 0 aliphatic heterocycles. The molecule has 0 spiro atoms. The molecule has 2 N–H and O–H groups in total. The molecular weight excluding hydrogens is 327 g/mol. The zero-order chi connectivity index (χ0) is 19.3. The van der Waals surface area contributed by atoms with Crippen LogP contribution in [-0.4, -0.2) is 11.0 Å². The quantitative estimate of drug-likeness (QED) is 0.697. The highest BCUT2D eigenvalue weighted by Crippen LogP contribution is 2.26. The third-order valence-corrected chi connectivity index (χ3v) is 4.59. The second-order valence-electron chi connectivity index (χ2n) is 6.87. The molecular formula is C21H27FN4. The molecule has 1 unspecified atom stereocenters. The summed E-state index contributed by atoms with van der Waals surface area (Å²) in [5.74, 6) is 0.338. The van der Waals surface area contributed by atoms with Gasteiger partial charge in [-0.3, -0.25) is 0 Å². The Balaban J connectivity index is 2.40. The van der Waals surface area contributed by atoms with Crippen molar-refractivity contribution in [1.29, 1.82) is 5.26 Å². The third kappa shape index (κ3) is 4.72. The molecule has 2 rings (SSSR count). The van der Waals surface area contributed by atoms with E-state index in [0.717, 1.165) is 18.5 Å². The molecule has 0 saturated heterocycles. The third-order valence-electron chi connectivity index (χ3n) is 4.59. The minimum absolute atomic E-state index is 0.0629. The van der Waals surface area contributed by atoms with Crippen LogP contribution in [-0.2, 0) is 12.8 Å². The summed E-state index contributed by atoms with van der Waals surface area (Å²) in [5.41, 5.74) is 3.46. The average molecular weight is 354 g/mol. The second-order valence-corrected chi connectivity index (χ2v) is 6.87. The lowest BCUT2D eigenvalue weighted by atomic mass is 10.1. The summed E-state index contributed by atoms with van der Waals surface area (Å²) in [6, 6.07) is 9.56. The van der Waals surface area contributed by atoms with Crippen LogP contribution < -0.4 is 10.6 Å². The standard InChI is InChI=1S/C21H27FN4/c1-6-15-8-16(7-2)10-18(9-15)25-20-17(12-23)11-19(22)21(26-20)24-14(5)13(3)4/h8-11,13-14H,6-7H2,1-5H3,(H2,24,25,26). The molecule has 1 aromatic carbocycles. The van der Waals surface area contributed by atoms with Crippen molar-refractivity contribution in [2.45, 2.75) is 53.5 Å². The monoisotopic (exact) mass is 354 g/mol. The van der Waals surface area contributed by atoms with E-state index < -0.39 is 5.82 Å². The Morgan fingerprint density at radius 3 is 2.15 bits per heavy atom. The zero-order valence-corrected chi connectivity index (χ0v) is 16.2. The minimum atomic E-state index is -0.517. The molecule has 0 radical (unpaired) electrons. The van der Waals surface area contributed by atoms with Crippen LogP contribution in [0.1, 0.15) is 51.3 Å². The molecule has 1 atom stereocenters. The number of pyridine rings is 1. The smallest absolute Gasteiger partial charge is 0.166 e. The van der Waals surface area contributed by atoms with Crippen molar-refractivity contribution in [3.8, 4) is 6.07 Å². The van der Waals surface area contributed by atoms with Gasteiger partial charge in [0, 0.05) is 11.7 Å². The van der Waals surface area contributed by atoms with Crippen LogP contribution >= 0.6 is 0 Å². The Hall–Kier alpha value is -2.61. The van der Waals surface area contributed by atoms with Crippen LogP contribution in [0.4, 0.5) is 21.7 Å². The highest BCUT2D eigenvalue weighted by atomic mass is 19.1. The van der Waals surface area contributed by atoms with Crippen molar-refractivity contribution in [2.75, 3.05) is 10.6 Å². The van der Waals surface area contributed by atoms with Crippen molar-refractivity contribution >= 4 is 17.3 Å². The van der Waals surface area contributed by atoms with Gasteiger partial charge in [-0.25, -0.2) is 9.37 Å². The first kappa shape index (κ1) is 19.7. The van der Waals surface area contributed by atoms with Gasteiger partial charge in [-0.05, 0) is 55.0 Å². The maximum absolute atomic E-state index is 14.3. The van der Waals surface area contributed by atoms with Crippen molar-refractivity contribution in [1.82, 2.24) is 4.98 Å². The van der Waals surface area contributed by atoms with Gasteiger partial charge in [-0.1, -0.05) is 33.8 Å². The minimum Gasteiger partial charge on any atom is -0.365 e. The topological polar surface area (TPSA) is 60.7 Å². The Bertz CT molecular complexity index is 786. The molecule has 0 fully saturated rings. The van der Waals surface area contributed by atoms with E-state index in [1.807, 2.05) is 25.1 Å². The number of aromatic nitrogens is 1. The molecule has 5 heteroatoms. The van der Waals surface area contributed by atoms with Crippen LogP contribution in [0, 0.1) is 23.1 Å². The fourth-order valence-corrected chi connectivity index (χ4v) is 2.53. The number of halogens is 1. The van der Waals surface area contributed by atoms with E-state index in [4.69, 9.17) is 0 Å². The number of nitrogens with one attached hydrogen (secondary N) is 2. The summed E-state index contributed by atoms with van der Waals surface area (Å²) in [7, 11) is 0. The van der Waals surface area contributed by atoms with Crippen LogP contribution in [0.3, 0.4) is 0 Å². The van der Waals surface area contributed by atoms with Crippen molar-refractivity contribution in [3.63, 3.8) is 0 Å². The van der Waals surface area contributed by atoms with Gasteiger partial charge in [0.2, 0.25) is 0 Å². The number of nitrogens with zero attached hydrogens (tertiary/aromatic N) is 2. The number of hydrogen-bond donors (Lipinski definition) is 2. The van der Waals surface area contributed by atoms with E-state index in [2.05, 4.69) is 49.4 Å². The van der Waals surface area contributed by atoms with E-state index in [0.29, 0.717) is 11.7 Å². The van der Waals surface area contributed by atoms with Gasteiger partial charge >= 0.3 is 0 Å². The SMILES string of the molecule is CCc1cc(CC)cc(Nc2nc(NC(C)C(C)C)c(F)cc2C#N)c1. The zero-order valence-electron chi connectivity index (χ0n) is 16.2. The number of benzene rings is 1. The second kappa shape index (κ2) is 8.66.